The Kier molecular flexibility index (Phi) is 9.20. The molecule has 1 nitrogen and oxygen atoms in total. The average molecular weight is 329 g/mol. The maximum atomic E-state index is 5.65. The van der Waals surface area contributed by atoms with Gasteiger partial charge < -0.3 is 4.74 Å². The highest BCUT2D eigenvalue weighted by Crippen LogP contribution is 2.37. The summed E-state index contributed by atoms with van der Waals surface area (Å²) in [5.41, 5.74) is 3.25. The summed E-state index contributed by atoms with van der Waals surface area (Å²) in [7, 11) is 0. The van der Waals surface area contributed by atoms with Gasteiger partial charge in [0, 0.05) is 6.61 Å². The van der Waals surface area contributed by atoms with Crippen molar-refractivity contribution < 1.29 is 4.74 Å². The minimum atomic E-state index is 0.695. The number of aryl methyl sites for hydroxylation is 1. The highest BCUT2D eigenvalue weighted by Gasteiger charge is 2.23. The Labute approximate surface area is 149 Å². The Morgan fingerprint density at radius 1 is 1.04 bits per heavy atom. The molecule has 0 radical (unpaired) electrons. The summed E-state index contributed by atoms with van der Waals surface area (Å²) in [6, 6.07) is 9.21. The summed E-state index contributed by atoms with van der Waals surface area (Å²) >= 11 is 0. The molecule has 0 atom stereocenters. The lowest BCUT2D eigenvalue weighted by Gasteiger charge is -2.30. The van der Waals surface area contributed by atoms with Gasteiger partial charge in [-0.1, -0.05) is 62.9 Å². The summed E-state index contributed by atoms with van der Waals surface area (Å²) in [5.74, 6) is 1.52. The molecule has 1 fully saturated rings. The Morgan fingerprint density at radius 3 is 2.54 bits per heavy atom. The monoisotopic (exact) mass is 328 g/mol. The van der Waals surface area contributed by atoms with Crippen molar-refractivity contribution in [2.75, 3.05) is 13.2 Å². The van der Waals surface area contributed by atoms with E-state index in [4.69, 9.17) is 4.74 Å². The van der Waals surface area contributed by atoms with Gasteiger partial charge in [0.25, 0.3) is 0 Å². The van der Waals surface area contributed by atoms with E-state index in [-0.39, 0.29) is 0 Å². The SMILES string of the molecule is C=CCOCC1CCC(c2ccccc2CCCCCCC)CC1. The first-order valence-corrected chi connectivity index (χ1v) is 10.1. The van der Waals surface area contributed by atoms with Gasteiger partial charge in [-0.2, -0.15) is 0 Å². The third-order valence-corrected chi connectivity index (χ3v) is 5.48. The molecule has 0 aliphatic heterocycles. The molecule has 0 spiro atoms. The average Bonchev–Trinajstić information content (AvgIpc) is 2.63. The summed E-state index contributed by atoms with van der Waals surface area (Å²) in [5, 5.41) is 0. The Hall–Kier alpha value is -1.08. The van der Waals surface area contributed by atoms with Crippen LogP contribution < -0.4 is 0 Å². The van der Waals surface area contributed by atoms with E-state index in [0.29, 0.717) is 6.61 Å². The van der Waals surface area contributed by atoms with Crippen molar-refractivity contribution in [2.45, 2.75) is 77.0 Å². The first-order chi connectivity index (χ1) is 11.8. The number of unbranched alkanes of at least 4 members (excludes halogenated alkanes) is 4. The predicted molar refractivity (Wildman–Crippen MR) is 105 cm³/mol. The van der Waals surface area contributed by atoms with Crippen molar-refractivity contribution >= 4 is 0 Å². The lowest BCUT2D eigenvalue weighted by Crippen LogP contribution is -2.18. The molecule has 1 aromatic rings. The quantitative estimate of drug-likeness (QED) is 0.325. The van der Waals surface area contributed by atoms with E-state index < -0.39 is 0 Å². The zero-order valence-corrected chi connectivity index (χ0v) is 15.6. The Balaban J connectivity index is 1.80. The lowest BCUT2D eigenvalue weighted by atomic mass is 9.77. The molecule has 1 aliphatic rings. The van der Waals surface area contributed by atoms with Crippen molar-refractivity contribution in [3.05, 3.63) is 48.0 Å². The minimum Gasteiger partial charge on any atom is -0.377 e. The van der Waals surface area contributed by atoms with E-state index in [2.05, 4.69) is 37.8 Å². The van der Waals surface area contributed by atoms with Gasteiger partial charge in [0.2, 0.25) is 0 Å². The van der Waals surface area contributed by atoms with Crippen LogP contribution in [0.3, 0.4) is 0 Å². The second-order valence-corrected chi connectivity index (χ2v) is 7.41. The molecule has 1 aromatic carbocycles. The molecule has 0 bridgehead atoms. The second-order valence-electron chi connectivity index (χ2n) is 7.41. The van der Waals surface area contributed by atoms with Crippen molar-refractivity contribution in [3.63, 3.8) is 0 Å². The molecule has 24 heavy (non-hydrogen) atoms. The normalized spacial score (nSPS) is 20.9. The molecule has 0 aromatic heterocycles. The fourth-order valence-electron chi connectivity index (χ4n) is 4.04. The molecule has 0 heterocycles. The van der Waals surface area contributed by atoms with Crippen molar-refractivity contribution in [2.24, 2.45) is 5.92 Å². The first-order valence-electron chi connectivity index (χ1n) is 10.1. The van der Waals surface area contributed by atoms with E-state index in [1.165, 1.54) is 64.2 Å². The van der Waals surface area contributed by atoms with Crippen molar-refractivity contribution in [3.8, 4) is 0 Å². The van der Waals surface area contributed by atoms with Crippen LogP contribution in [0.15, 0.2) is 36.9 Å². The molecule has 0 N–H and O–H groups in total. The third kappa shape index (κ3) is 6.43. The zero-order chi connectivity index (χ0) is 17.0. The van der Waals surface area contributed by atoms with Crippen LogP contribution in [0.1, 0.15) is 81.8 Å². The van der Waals surface area contributed by atoms with Gasteiger partial charge in [0.1, 0.15) is 0 Å². The number of hydrogen-bond acceptors (Lipinski definition) is 1. The van der Waals surface area contributed by atoms with Crippen LogP contribution in [0.25, 0.3) is 0 Å². The smallest absolute Gasteiger partial charge is 0.0644 e. The highest BCUT2D eigenvalue weighted by atomic mass is 16.5. The van der Waals surface area contributed by atoms with Crippen molar-refractivity contribution in [1.82, 2.24) is 0 Å². The lowest BCUT2D eigenvalue weighted by molar-refractivity contribution is 0.102. The number of hydrogen-bond donors (Lipinski definition) is 0. The van der Waals surface area contributed by atoms with Gasteiger partial charge in [0.15, 0.2) is 0 Å². The van der Waals surface area contributed by atoms with Gasteiger partial charge in [0.05, 0.1) is 6.61 Å². The molecule has 0 amide bonds. The van der Waals surface area contributed by atoms with Crippen LogP contribution in [0.5, 0.6) is 0 Å². The van der Waals surface area contributed by atoms with E-state index >= 15 is 0 Å². The van der Waals surface area contributed by atoms with E-state index in [0.717, 1.165) is 18.4 Å². The maximum absolute atomic E-state index is 5.65. The van der Waals surface area contributed by atoms with Crippen LogP contribution in [0, 0.1) is 5.92 Å². The van der Waals surface area contributed by atoms with Gasteiger partial charge >= 0.3 is 0 Å². The molecule has 1 saturated carbocycles. The molecule has 2 rings (SSSR count). The summed E-state index contributed by atoms with van der Waals surface area (Å²) in [6.45, 7) is 7.62. The summed E-state index contributed by atoms with van der Waals surface area (Å²) in [6.07, 6.45) is 15.2. The largest absolute Gasteiger partial charge is 0.377 e. The number of ether oxygens (including phenoxy) is 1. The number of benzene rings is 1. The third-order valence-electron chi connectivity index (χ3n) is 5.48. The van der Waals surface area contributed by atoms with Crippen LogP contribution >= 0.6 is 0 Å². The van der Waals surface area contributed by atoms with Gasteiger partial charge in [-0.15, -0.1) is 6.58 Å². The number of rotatable bonds is 11. The van der Waals surface area contributed by atoms with E-state index in [1.54, 1.807) is 11.1 Å². The molecule has 1 aliphatic carbocycles. The summed E-state index contributed by atoms with van der Waals surface area (Å²) < 4.78 is 5.65. The van der Waals surface area contributed by atoms with Gasteiger partial charge in [-0.25, -0.2) is 0 Å². The molecule has 0 unspecified atom stereocenters. The van der Waals surface area contributed by atoms with Crippen LogP contribution in [0.2, 0.25) is 0 Å². The topological polar surface area (TPSA) is 9.23 Å². The standard InChI is InChI=1S/C23H36O/c1-3-5-6-7-8-11-21-12-9-10-13-23(21)22-16-14-20(15-17-22)19-24-18-4-2/h4,9-10,12-13,20,22H,2-3,5-8,11,14-19H2,1H3. The summed E-state index contributed by atoms with van der Waals surface area (Å²) in [4.78, 5) is 0. The molecule has 134 valence electrons. The fourth-order valence-corrected chi connectivity index (χ4v) is 4.04. The molecule has 0 saturated heterocycles. The van der Waals surface area contributed by atoms with E-state index in [9.17, 15) is 0 Å². The Morgan fingerprint density at radius 2 is 1.79 bits per heavy atom. The van der Waals surface area contributed by atoms with Crippen LogP contribution in [-0.4, -0.2) is 13.2 Å². The predicted octanol–water partition coefficient (Wildman–Crippen LogP) is 6.68. The van der Waals surface area contributed by atoms with Gasteiger partial charge in [-0.05, 0) is 61.5 Å². The Bertz CT molecular complexity index is 457. The van der Waals surface area contributed by atoms with Gasteiger partial charge in [-0.3, -0.25) is 0 Å². The molecular formula is C23H36O. The minimum absolute atomic E-state index is 0.695. The van der Waals surface area contributed by atoms with E-state index in [1.807, 2.05) is 6.08 Å². The molecular weight excluding hydrogens is 292 g/mol. The van der Waals surface area contributed by atoms with Crippen molar-refractivity contribution in [1.29, 1.82) is 0 Å². The van der Waals surface area contributed by atoms with Crippen LogP contribution in [0.4, 0.5) is 0 Å². The molecule has 1 heteroatoms. The fraction of sp³-hybridized carbons (Fsp3) is 0.652. The highest BCUT2D eigenvalue weighted by molar-refractivity contribution is 5.31. The zero-order valence-electron chi connectivity index (χ0n) is 15.6. The van der Waals surface area contributed by atoms with Crippen LogP contribution in [-0.2, 0) is 11.2 Å². The second kappa shape index (κ2) is 11.5. The maximum Gasteiger partial charge on any atom is 0.0644 e. The first kappa shape index (κ1) is 19.2.